The molecule has 0 saturated heterocycles. The van der Waals surface area contributed by atoms with E-state index in [0.29, 0.717) is 18.7 Å². The van der Waals surface area contributed by atoms with Gasteiger partial charge in [0.2, 0.25) is 0 Å². The first-order valence-electron chi connectivity index (χ1n) is 7.73. The number of rotatable bonds is 5. The quantitative estimate of drug-likeness (QED) is 0.757. The molecule has 0 aliphatic rings. The third-order valence-electron chi connectivity index (χ3n) is 3.69. The van der Waals surface area contributed by atoms with Gasteiger partial charge in [-0.3, -0.25) is 9.78 Å². The number of aromatic nitrogens is 1. The number of anilines is 1. The van der Waals surface area contributed by atoms with Gasteiger partial charge in [-0.1, -0.05) is 36.4 Å². The minimum Gasteiger partial charge on any atom is -0.380 e. The van der Waals surface area contributed by atoms with Crippen molar-refractivity contribution in [2.75, 3.05) is 11.9 Å². The van der Waals surface area contributed by atoms with E-state index in [4.69, 9.17) is 0 Å². The first-order valence-corrected chi connectivity index (χ1v) is 7.73. The van der Waals surface area contributed by atoms with Gasteiger partial charge in [0.1, 0.15) is 0 Å². The highest BCUT2D eigenvalue weighted by atomic mass is 16.1. The molecule has 0 bridgehead atoms. The lowest BCUT2D eigenvalue weighted by molar-refractivity contribution is 0.0956. The van der Waals surface area contributed by atoms with Crippen molar-refractivity contribution in [2.24, 2.45) is 0 Å². The monoisotopic (exact) mass is 305 g/mol. The number of benzene rings is 2. The van der Waals surface area contributed by atoms with Crippen LogP contribution in [0.15, 0.2) is 60.8 Å². The van der Waals surface area contributed by atoms with Gasteiger partial charge in [-0.2, -0.15) is 0 Å². The van der Waals surface area contributed by atoms with Crippen LogP contribution in [0.3, 0.4) is 0 Å². The third-order valence-corrected chi connectivity index (χ3v) is 3.69. The van der Waals surface area contributed by atoms with Crippen LogP contribution < -0.4 is 10.6 Å². The van der Waals surface area contributed by atoms with Gasteiger partial charge in [0.15, 0.2) is 0 Å². The molecule has 0 aliphatic heterocycles. The molecule has 4 heteroatoms. The maximum Gasteiger partial charge on any atom is 0.253 e. The lowest BCUT2D eigenvalue weighted by atomic mass is 10.1. The molecular formula is C19H19N3O. The number of pyridine rings is 1. The number of hydrogen-bond donors (Lipinski definition) is 2. The van der Waals surface area contributed by atoms with Crippen LogP contribution in [0.25, 0.3) is 10.9 Å². The Morgan fingerprint density at radius 1 is 1.04 bits per heavy atom. The number of hydrogen-bond acceptors (Lipinski definition) is 3. The molecule has 23 heavy (non-hydrogen) atoms. The Kier molecular flexibility index (Phi) is 4.52. The van der Waals surface area contributed by atoms with E-state index < -0.39 is 0 Å². The van der Waals surface area contributed by atoms with E-state index in [0.717, 1.165) is 22.2 Å². The minimum atomic E-state index is -0.0633. The predicted octanol–water partition coefficient (Wildman–Crippen LogP) is 3.60. The SMILES string of the molecule is CCNC(=O)c1ccccc1NCc1cccc2cccnc12. The maximum atomic E-state index is 12.1. The summed E-state index contributed by atoms with van der Waals surface area (Å²) in [7, 11) is 0. The van der Waals surface area contributed by atoms with Crippen molar-refractivity contribution < 1.29 is 4.79 Å². The van der Waals surface area contributed by atoms with Gasteiger partial charge in [-0.15, -0.1) is 0 Å². The molecule has 3 rings (SSSR count). The topological polar surface area (TPSA) is 54.0 Å². The van der Waals surface area contributed by atoms with Gasteiger partial charge >= 0.3 is 0 Å². The Hall–Kier alpha value is -2.88. The van der Waals surface area contributed by atoms with Gasteiger partial charge in [0, 0.05) is 30.4 Å². The van der Waals surface area contributed by atoms with E-state index in [-0.39, 0.29) is 5.91 Å². The fourth-order valence-electron chi connectivity index (χ4n) is 2.59. The van der Waals surface area contributed by atoms with Gasteiger partial charge in [-0.25, -0.2) is 0 Å². The third kappa shape index (κ3) is 3.31. The molecule has 0 radical (unpaired) electrons. The average molecular weight is 305 g/mol. The summed E-state index contributed by atoms with van der Waals surface area (Å²) in [6.07, 6.45) is 1.80. The van der Waals surface area contributed by atoms with Gasteiger partial charge in [-0.05, 0) is 30.7 Å². The second-order valence-electron chi connectivity index (χ2n) is 5.25. The molecule has 2 N–H and O–H groups in total. The smallest absolute Gasteiger partial charge is 0.253 e. The highest BCUT2D eigenvalue weighted by molar-refractivity contribution is 5.99. The summed E-state index contributed by atoms with van der Waals surface area (Å²) in [4.78, 5) is 16.6. The molecule has 1 heterocycles. The van der Waals surface area contributed by atoms with E-state index in [2.05, 4.69) is 33.8 Å². The molecular weight excluding hydrogens is 286 g/mol. The van der Waals surface area contributed by atoms with Crippen molar-refractivity contribution in [3.8, 4) is 0 Å². The summed E-state index contributed by atoms with van der Waals surface area (Å²) in [5.74, 6) is -0.0633. The van der Waals surface area contributed by atoms with Crippen LogP contribution >= 0.6 is 0 Å². The van der Waals surface area contributed by atoms with Crippen LogP contribution in [0.4, 0.5) is 5.69 Å². The number of carbonyl (C=O) groups excluding carboxylic acids is 1. The largest absolute Gasteiger partial charge is 0.380 e. The second kappa shape index (κ2) is 6.92. The molecule has 1 amide bonds. The second-order valence-corrected chi connectivity index (χ2v) is 5.25. The highest BCUT2D eigenvalue weighted by Crippen LogP contribution is 2.20. The number of carbonyl (C=O) groups is 1. The molecule has 0 fully saturated rings. The Morgan fingerprint density at radius 3 is 2.74 bits per heavy atom. The highest BCUT2D eigenvalue weighted by Gasteiger charge is 2.10. The van der Waals surface area contributed by atoms with Crippen molar-refractivity contribution in [1.82, 2.24) is 10.3 Å². The van der Waals surface area contributed by atoms with Crippen LogP contribution in [0.5, 0.6) is 0 Å². The number of para-hydroxylation sites is 2. The number of fused-ring (bicyclic) bond motifs is 1. The molecule has 0 saturated carbocycles. The van der Waals surface area contributed by atoms with Crippen LogP contribution in [-0.2, 0) is 6.54 Å². The van der Waals surface area contributed by atoms with Crippen molar-refractivity contribution in [1.29, 1.82) is 0 Å². The van der Waals surface area contributed by atoms with Crippen molar-refractivity contribution >= 4 is 22.5 Å². The molecule has 116 valence electrons. The minimum absolute atomic E-state index is 0.0633. The van der Waals surface area contributed by atoms with Crippen LogP contribution in [0.1, 0.15) is 22.8 Å². The number of nitrogens with one attached hydrogen (secondary N) is 2. The Labute approximate surface area is 135 Å². The Bertz CT molecular complexity index is 824. The Balaban J connectivity index is 1.84. The fraction of sp³-hybridized carbons (Fsp3) is 0.158. The summed E-state index contributed by atoms with van der Waals surface area (Å²) < 4.78 is 0. The zero-order valence-corrected chi connectivity index (χ0v) is 13.0. The lowest BCUT2D eigenvalue weighted by Crippen LogP contribution is -2.23. The molecule has 0 aliphatic carbocycles. The van der Waals surface area contributed by atoms with Crippen molar-refractivity contribution in [2.45, 2.75) is 13.5 Å². The molecule has 0 spiro atoms. The lowest BCUT2D eigenvalue weighted by Gasteiger charge is -2.12. The van der Waals surface area contributed by atoms with Gasteiger partial charge in [0.25, 0.3) is 5.91 Å². The number of nitrogens with zero attached hydrogens (tertiary/aromatic N) is 1. The van der Waals surface area contributed by atoms with Crippen molar-refractivity contribution in [3.05, 3.63) is 71.9 Å². The maximum absolute atomic E-state index is 12.1. The van der Waals surface area contributed by atoms with E-state index >= 15 is 0 Å². The summed E-state index contributed by atoms with van der Waals surface area (Å²) in [6.45, 7) is 3.14. The summed E-state index contributed by atoms with van der Waals surface area (Å²) in [5.41, 5.74) is 3.57. The van der Waals surface area contributed by atoms with Crippen LogP contribution in [0, 0.1) is 0 Å². The molecule has 2 aromatic carbocycles. The Morgan fingerprint density at radius 2 is 1.87 bits per heavy atom. The summed E-state index contributed by atoms with van der Waals surface area (Å²) in [6, 6.07) is 17.7. The standard InChI is InChI=1S/C19H19N3O/c1-2-20-19(23)16-10-3-4-11-17(16)22-13-15-8-5-7-14-9-6-12-21-18(14)15/h3-12,22H,2,13H2,1H3,(H,20,23). The predicted molar refractivity (Wildman–Crippen MR) is 93.5 cm³/mol. The first-order chi connectivity index (χ1) is 11.3. The molecule has 3 aromatic rings. The zero-order chi connectivity index (χ0) is 16.1. The first kappa shape index (κ1) is 15.0. The van der Waals surface area contributed by atoms with E-state index in [1.54, 1.807) is 6.20 Å². The van der Waals surface area contributed by atoms with E-state index in [9.17, 15) is 4.79 Å². The van der Waals surface area contributed by atoms with Gasteiger partial charge < -0.3 is 10.6 Å². The summed E-state index contributed by atoms with van der Waals surface area (Å²) in [5, 5.41) is 7.31. The van der Waals surface area contributed by atoms with E-state index in [1.807, 2.05) is 43.3 Å². The normalized spacial score (nSPS) is 10.5. The summed E-state index contributed by atoms with van der Waals surface area (Å²) >= 11 is 0. The molecule has 0 atom stereocenters. The number of amides is 1. The van der Waals surface area contributed by atoms with Crippen LogP contribution in [-0.4, -0.2) is 17.4 Å². The van der Waals surface area contributed by atoms with Gasteiger partial charge in [0.05, 0.1) is 11.1 Å². The fourth-order valence-corrected chi connectivity index (χ4v) is 2.59. The van der Waals surface area contributed by atoms with E-state index in [1.165, 1.54) is 0 Å². The average Bonchev–Trinajstić information content (AvgIpc) is 2.60. The molecule has 4 nitrogen and oxygen atoms in total. The zero-order valence-electron chi connectivity index (χ0n) is 13.0. The molecule has 1 aromatic heterocycles. The van der Waals surface area contributed by atoms with Crippen LogP contribution in [0.2, 0.25) is 0 Å². The van der Waals surface area contributed by atoms with Crippen molar-refractivity contribution in [3.63, 3.8) is 0 Å². The molecule has 0 unspecified atom stereocenters.